The Morgan fingerprint density at radius 1 is 1.17 bits per heavy atom. The van der Waals surface area contributed by atoms with E-state index in [4.69, 9.17) is 9.72 Å². The van der Waals surface area contributed by atoms with Gasteiger partial charge in [0.05, 0.1) is 7.11 Å². The lowest BCUT2D eigenvalue weighted by Crippen LogP contribution is -2.44. The molecule has 14 heteroatoms. The van der Waals surface area contributed by atoms with Gasteiger partial charge in [0, 0.05) is 48.5 Å². The van der Waals surface area contributed by atoms with Crippen LogP contribution in [-0.2, 0) is 4.79 Å². The van der Waals surface area contributed by atoms with Crippen molar-refractivity contribution in [2.75, 3.05) is 48.8 Å². The van der Waals surface area contributed by atoms with Crippen molar-refractivity contribution in [3.05, 3.63) is 36.0 Å². The molecule has 0 radical (unpaired) electrons. The lowest BCUT2D eigenvalue weighted by molar-refractivity contribution is -0.167. The van der Waals surface area contributed by atoms with Crippen molar-refractivity contribution in [2.24, 2.45) is 0 Å². The number of alkyl halides is 3. The van der Waals surface area contributed by atoms with Gasteiger partial charge in [0.15, 0.2) is 22.6 Å². The van der Waals surface area contributed by atoms with Gasteiger partial charge < -0.3 is 25.6 Å². The number of aromatic nitrogens is 4. The van der Waals surface area contributed by atoms with Gasteiger partial charge in [0.2, 0.25) is 5.75 Å². The van der Waals surface area contributed by atoms with Crippen LogP contribution < -0.4 is 25.6 Å². The third-order valence-corrected chi connectivity index (χ3v) is 5.85. The van der Waals surface area contributed by atoms with Crippen LogP contribution in [0.2, 0.25) is 0 Å². The number of rotatable bonds is 7. The molecule has 0 spiro atoms. The quantitative estimate of drug-likeness (QED) is 0.356. The number of halogens is 3. The smallest absolute Gasteiger partial charge is 0.471 e. The molecule has 0 saturated carbocycles. The first kappa shape index (κ1) is 24.6. The van der Waals surface area contributed by atoms with Crippen molar-refractivity contribution in [3.63, 3.8) is 0 Å². The van der Waals surface area contributed by atoms with Gasteiger partial charge in [-0.3, -0.25) is 9.89 Å². The summed E-state index contributed by atoms with van der Waals surface area (Å²) < 4.78 is 43.1. The minimum Gasteiger partial charge on any atom is -0.490 e. The van der Waals surface area contributed by atoms with E-state index in [1.165, 1.54) is 23.9 Å². The number of hydrogen-bond acceptors (Lipinski definition) is 9. The van der Waals surface area contributed by atoms with Crippen LogP contribution in [-0.4, -0.2) is 65.5 Å². The maximum Gasteiger partial charge on any atom is 0.471 e. The lowest BCUT2D eigenvalue weighted by Gasteiger charge is -2.30. The molecule has 1 saturated heterocycles. The number of aryl methyl sites for hydroxylation is 1. The zero-order chi connectivity index (χ0) is 25.0. The molecule has 4 rings (SSSR count). The van der Waals surface area contributed by atoms with E-state index in [1.807, 2.05) is 18.3 Å². The van der Waals surface area contributed by atoms with Gasteiger partial charge >= 0.3 is 12.1 Å². The fourth-order valence-corrected chi connectivity index (χ4v) is 4.10. The molecule has 0 aliphatic carbocycles. The second kappa shape index (κ2) is 10.4. The molecule has 4 N–H and O–H groups in total. The zero-order valence-corrected chi connectivity index (χ0v) is 19.7. The number of nitrogens with one attached hydrogen (secondary N) is 4. The van der Waals surface area contributed by atoms with E-state index in [2.05, 4.69) is 30.7 Å². The van der Waals surface area contributed by atoms with Crippen LogP contribution in [0.5, 0.6) is 5.75 Å². The van der Waals surface area contributed by atoms with Crippen molar-refractivity contribution in [1.29, 1.82) is 0 Å². The monoisotopic (exact) mass is 508 g/mol. The zero-order valence-electron chi connectivity index (χ0n) is 18.9. The van der Waals surface area contributed by atoms with Gasteiger partial charge in [-0.25, -0.2) is 9.97 Å². The van der Waals surface area contributed by atoms with Crippen LogP contribution in [0.4, 0.5) is 36.3 Å². The van der Waals surface area contributed by atoms with Crippen LogP contribution in [0.1, 0.15) is 5.69 Å². The molecule has 1 aliphatic rings. The first-order valence-corrected chi connectivity index (χ1v) is 11.4. The highest BCUT2D eigenvalue weighted by Crippen LogP contribution is 2.38. The van der Waals surface area contributed by atoms with Crippen LogP contribution >= 0.6 is 11.8 Å². The standard InChI is InChI=1S/C21H23F3N8O2S/c1-12-11-15(31-30-12)27-17-16(34-2)18(32-9-7-25-8-10-32)29-20(28-17)35-14-5-3-13(4-6-14)26-19(33)21(22,23)24/h3-6,11,25H,7-10H2,1-2H3,(H,26,33)(H2,27,28,29,30,31). The van der Waals surface area contributed by atoms with Gasteiger partial charge in [-0.2, -0.15) is 18.3 Å². The summed E-state index contributed by atoms with van der Waals surface area (Å²) in [4.78, 5) is 23.2. The second-order valence-electron chi connectivity index (χ2n) is 7.59. The molecule has 3 aromatic rings. The van der Waals surface area contributed by atoms with Gasteiger partial charge in [0.25, 0.3) is 0 Å². The fraction of sp³-hybridized carbons (Fsp3) is 0.333. The number of hydrogen-bond donors (Lipinski definition) is 4. The Bertz CT molecular complexity index is 1180. The summed E-state index contributed by atoms with van der Waals surface area (Å²) in [6.45, 7) is 4.92. The fourth-order valence-electron chi connectivity index (χ4n) is 3.35. The number of piperazine rings is 1. The molecule has 1 fully saturated rings. The molecule has 2 aromatic heterocycles. The van der Waals surface area contributed by atoms with Crippen molar-refractivity contribution >= 4 is 40.8 Å². The molecule has 1 amide bonds. The summed E-state index contributed by atoms with van der Waals surface area (Å²) in [6.07, 6.45) is -4.96. The SMILES string of the molecule is COc1c(Nc2cc(C)[nH]n2)nc(Sc2ccc(NC(=O)C(F)(F)F)cc2)nc1N1CCNCC1. The Balaban J connectivity index is 1.62. The number of nitrogens with zero attached hydrogens (tertiary/aromatic N) is 4. The summed E-state index contributed by atoms with van der Waals surface area (Å²) >= 11 is 1.22. The van der Waals surface area contributed by atoms with Gasteiger partial charge in [-0.15, -0.1) is 0 Å². The summed E-state index contributed by atoms with van der Waals surface area (Å²) in [5, 5.41) is 15.8. The molecule has 1 aliphatic heterocycles. The number of methoxy groups -OCH3 is 1. The number of aromatic amines is 1. The number of benzene rings is 1. The number of H-pyrrole nitrogens is 1. The third-order valence-electron chi connectivity index (χ3n) is 4.98. The molecule has 0 atom stereocenters. The van der Waals surface area contributed by atoms with E-state index < -0.39 is 12.1 Å². The number of anilines is 4. The van der Waals surface area contributed by atoms with Crippen LogP contribution in [0.15, 0.2) is 40.4 Å². The average molecular weight is 509 g/mol. The summed E-state index contributed by atoms with van der Waals surface area (Å²) in [6, 6.07) is 7.77. The van der Waals surface area contributed by atoms with E-state index in [0.29, 0.717) is 33.3 Å². The van der Waals surface area contributed by atoms with E-state index in [9.17, 15) is 18.0 Å². The third kappa shape index (κ3) is 6.14. The molecule has 0 bridgehead atoms. The number of carbonyl (C=O) groups excluding carboxylic acids is 1. The summed E-state index contributed by atoms with van der Waals surface area (Å²) in [5.74, 6) is 0.0596. The molecular weight excluding hydrogens is 485 g/mol. The van der Waals surface area contributed by atoms with Crippen molar-refractivity contribution in [3.8, 4) is 5.75 Å². The van der Waals surface area contributed by atoms with Crippen molar-refractivity contribution in [1.82, 2.24) is 25.5 Å². The van der Waals surface area contributed by atoms with Gasteiger partial charge in [-0.05, 0) is 43.0 Å². The molecule has 3 heterocycles. The average Bonchev–Trinajstić information content (AvgIpc) is 3.24. The highest BCUT2D eigenvalue weighted by molar-refractivity contribution is 7.99. The summed E-state index contributed by atoms with van der Waals surface area (Å²) in [5.41, 5.74) is 0.903. The van der Waals surface area contributed by atoms with Crippen molar-refractivity contribution < 1.29 is 22.7 Å². The molecule has 1 aromatic carbocycles. The Hall–Kier alpha value is -3.52. The first-order valence-electron chi connectivity index (χ1n) is 10.6. The van der Waals surface area contributed by atoms with E-state index >= 15 is 0 Å². The predicted molar refractivity (Wildman–Crippen MR) is 126 cm³/mol. The number of amides is 1. The van der Waals surface area contributed by atoms with Gasteiger partial charge in [-0.1, -0.05) is 0 Å². The summed E-state index contributed by atoms with van der Waals surface area (Å²) in [7, 11) is 1.55. The molecule has 10 nitrogen and oxygen atoms in total. The molecule has 35 heavy (non-hydrogen) atoms. The Morgan fingerprint density at radius 3 is 2.49 bits per heavy atom. The molecule has 0 unspecified atom stereocenters. The maximum atomic E-state index is 12.5. The second-order valence-corrected chi connectivity index (χ2v) is 8.63. The van der Waals surface area contributed by atoms with E-state index in [1.54, 1.807) is 19.2 Å². The Kier molecular flexibility index (Phi) is 7.31. The topological polar surface area (TPSA) is 120 Å². The minimum atomic E-state index is -4.96. The molecule has 186 valence electrons. The normalized spacial score (nSPS) is 14.0. The van der Waals surface area contributed by atoms with Crippen LogP contribution in [0.25, 0.3) is 0 Å². The largest absolute Gasteiger partial charge is 0.490 e. The highest BCUT2D eigenvalue weighted by Gasteiger charge is 2.38. The minimum absolute atomic E-state index is 0.0325. The van der Waals surface area contributed by atoms with Crippen molar-refractivity contribution in [2.45, 2.75) is 23.2 Å². The Morgan fingerprint density at radius 2 is 1.89 bits per heavy atom. The van der Waals surface area contributed by atoms with Gasteiger partial charge in [0.1, 0.15) is 0 Å². The Labute approximate surface area is 203 Å². The first-order chi connectivity index (χ1) is 16.7. The van der Waals surface area contributed by atoms with Crippen LogP contribution in [0, 0.1) is 6.92 Å². The highest BCUT2D eigenvalue weighted by atomic mass is 32.2. The number of ether oxygens (including phenoxy) is 1. The predicted octanol–water partition coefficient (Wildman–Crippen LogP) is 3.32. The lowest BCUT2D eigenvalue weighted by atomic mass is 10.3. The molecular formula is C21H23F3N8O2S. The van der Waals surface area contributed by atoms with E-state index in [-0.39, 0.29) is 5.69 Å². The maximum absolute atomic E-state index is 12.5. The van der Waals surface area contributed by atoms with Crippen LogP contribution in [0.3, 0.4) is 0 Å². The van der Waals surface area contributed by atoms with E-state index in [0.717, 1.165) is 31.9 Å². The number of carbonyl (C=O) groups is 1.